The maximum atomic E-state index is 12.4. The number of unbranched alkanes of at least 4 members (excludes halogenated alkanes) is 35. The average molecular weight is 832 g/mol. The summed E-state index contributed by atoms with van der Waals surface area (Å²) in [5, 5.41) is 23.0. The molecule has 0 aromatic rings. The molecule has 0 saturated carbocycles. The summed E-state index contributed by atoms with van der Waals surface area (Å²) >= 11 is 0. The molecule has 0 aromatic carbocycles. The van der Waals surface area contributed by atoms with E-state index in [9.17, 15) is 19.8 Å². The molecule has 0 heterocycles. The monoisotopic (exact) mass is 832 g/mol. The van der Waals surface area contributed by atoms with Crippen LogP contribution in [0.2, 0.25) is 0 Å². The highest BCUT2D eigenvalue weighted by atomic mass is 16.5. The summed E-state index contributed by atoms with van der Waals surface area (Å²) in [6.07, 6.45) is 57.5. The number of aliphatic hydroxyl groups is 2. The minimum Gasteiger partial charge on any atom is -0.466 e. The minimum absolute atomic E-state index is 0.0108. The van der Waals surface area contributed by atoms with E-state index in [2.05, 4.69) is 31.3 Å². The van der Waals surface area contributed by atoms with Crippen LogP contribution in [0.15, 0.2) is 24.3 Å². The summed E-state index contributed by atoms with van der Waals surface area (Å²) in [6, 6.07) is -0.638. The predicted octanol–water partition coefficient (Wildman–Crippen LogP) is 15.5. The molecule has 3 N–H and O–H groups in total. The van der Waals surface area contributed by atoms with Crippen molar-refractivity contribution in [1.82, 2.24) is 5.32 Å². The molecule has 0 fully saturated rings. The molecule has 0 saturated heterocycles. The Labute approximate surface area is 367 Å². The van der Waals surface area contributed by atoms with E-state index in [-0.39, 0.29) is 18.5 Å². The molecular weight excluding hydrogens is 731 g/mol. The summed E-state index contributed by atoms with van der Waals surface area (Å²) in [6.45, 7) is 4.87. The second-order valence-corrected chi connectivity index (χ2v) is 17.9. The van der Waals surface area contributed by atoms with Crippen molar-refractivity contribution in [2.45, 2.75) is 289 Å². The summed E-state index contributed by atoms with van der Waals surface area (Å²) in [4.78, 5) is 24.4. The zero-order chi connectivity index (χ0) is 43.0. The van der Waals surface area contributed by atoms with E-state index in [0.717, 1.165) is 70.6 Å². The lowest BCUT2D eigenvalue weighted by molar-refractivity contribution is -0.143. The average Bonchev–Trinajstić information content (AvgIpc) is 3.24. The van der Waals surface area contributed by atoms with Gasteiger partial charge in [-0.1, -0.05) is 231 Å². The Hall–Kier alpha value is -1.66. The molecule has 0 aliphatic rings. The van der Waals surface area contributed by atoms with Crippen LogP contribution in [0.1, 0.15) is 277 Å². The predicted molar refractivity (Wildman–Crippen MR) is 255 cm³/mol. The number of hydrogen-bond acceptors (Lipinski definition) is 5. The first-order chi connectivity index (χ1) is 29.0. The molecule has 2 atom stereocenters. The smallest absolute Gasteiger partial charge is 0.305 e. The summed E-state index contributed by atoms with van der Waals surface area (Å²) in [5.74, 6) is -0.0935. The first-order valence-electron chi connectivity index (χ1n) is 26.1. The van der Waals surface area contributed by atoms with Gasteiger partial charge in [-0.3, -0.25) is 9.59 Å². The Bertz CT molecular complexity index is 920. The highest BCUT2D eigenvalue weighted by molar-refractivity contribution is 5.76. The standard InChI is InChI=1S/C53H101NO5/c1-3-5-7-9-11-13-15-17-19-22-25-29-33-37-41-45-51(56)50(49-55)54-52(57)46-42-38-34-30-26-23-20-18-21-24-28-32-36-40-44-48-59-53(58)47-43-39-35-31-27-16-14-12-10-8-6-4-2/h21,24,41,45,50-51,55-56H,3-20,22-23,25-40,42-44,46-49H2,1-2H3,(H,54,57)/b24-21-,45-41+. The number of carbonyl (C=O) groups excluding carboxylic acids is 2. The van der Waals surface area contributed by atoms with Crippen LogP contribution in [0.3, 0.4) is 0 Å². The highest BCUT2D eigenvalue weighted by Gasteiger charge is 2.18. The number of hydrogen-bond donors (Lipinski definition) is 3. The van der Waals surface area contributed by atoms with Crippen LogP contribution in [0.25, 0.3) is 0 Å². The lowest BCUT2D eigenvalue weighted by Crippen LogP contribution is -2.45. The van der Waals surface area contributed by atoms with Crippen molar-refractivity contribution < 1.29 is 24.5 Å². The first kappa shape index (κ1) is 57.3. The van der Waals surface area contributed by atoms with Crippen LogP contribution >= 0.6 is 0 Å². The van der Waals surface area contributed by atoms with Gasteiger partial charge in [0.05, 0.1) is 25.4 Å². The lowest BCUT2D eigenvalue weighted by atomic mass is 10.0. The van der Waals surface area contributed by atoms with Gasteiger partial charge in [-0.15, -0.1) is 0 Å². The van der Waals surface area contributed by atoms with Gasteiger partial charge in [0.15, 0.2) is 0 Å². The first-order valence-corrected chi connectivity index (χ1v) is 26.1. The maximum absolute atomic E-state index is 12.4. The Morgan fingerprint density at radius 2 is 0.797 bits per heavy atom. The largest absolute Gasteiger partial charge is 0.466 e. The second-order valence-electron chi connectivity index (χ2n) is 17.9. The molecule has 0 bridgehead atoms. The van der Waals surface area contributed by atoms with E-state index in [0.29, 0.717) is 19.4 Å². The molecule has 0 aromatic heterocycles. The van der Waals surface area contributed by atoms with Gasteiger partial charge in [-0.05, 0) is 57.8 Å². The maximum Gasteiger partial charge on any atom is 0.305 e. The van der Waals surface area contributed by atoms with Crippen LogP contribution < -0.4 is 5.32 Å². The van der Waals surface area contributed by atoms with Gasteiger partial charge in [0.2, 0.25) is 5.91 Å². The van der Waals surface area contributed by atoms with Crippen LogP contribution in [-0.2, 0) is 14.3 Å². The SMILES string of the molecule is CCCCCCCCCCCCCCC/C=C/C(O)C(CO)NC(=O)CCCCCCCCC/C=C\CCCCCCOC(=O)CCCCCCCCCCCCCC. The quantitative estimate of drug-likeness (QED) is 0.0322. The number of amides is 1. The van der Waals surface area contributed by atoms with Crippen molar-refractivity contribution in [3.63, 3.8) is 0 Å². The number of esters is 1. The van der Waals surface area contributed by atoms with Crippen LogP contribution in [0.5, 0.6) is 0 Å². The zero-order valence-electron chi connectivity index (χ0n) is 39.5. The van der Waals surface area contributed by atoms with Gasteiger partial charge in [-0.25, -0.2) is 0 Å². The van der Waals surface area contributed by atoms with Crippen molar-refractivity contribution >= 4 is 11.9 Å². The molecule has 0 aliphatic carbocycles. The van der Waals surface area contributed by atoms with E-state index in [1.165, 1.54) is 180 Å². The van der Waals surface area contributed by atoms with Crippen molar-refractivity contribution in [3.05, 3.63) is 24.3 Å². The number of nitrogens with one attached hydrogen (secondary N) is 1. The van der Waals surface area contributed by atoms with E-state index in [1.54, 1.807) is 6.08 Å². The number of aliphatic hydroxyl groups excluding tert-OH is 2. The summed E-state index contributed by atoms with van der Waals surface area (Å²) in [5.41, 5.74) is 0. The van der Waals surface area contributed by atoms with E-state index in [1.807, 2.05) is 6.08 Å². The van der Waals surface area contributed by atoms with E-state index >= 15 is 0 Å². The number of ether oxygens (including phenoxy) is 1. The van der Waals surface area contributed by atoms with Crippen LogP contribution in [0, 0.1) is 0 Å². The molecule has 0 rings (SSSR count). The Balaban J connectivity index is 3.51. The molecule has 6 nitrogen and oxygen atoms in total. The van der Waals surface area contributed by atoms with Crippen LogP contribution in [-0.4, -0.2) is 47.4 Å². The van der Waals surface area contributed by atoms with E-state index in [4.69, 9.17) is 4.74 Å². The fourth-order valence-electron chi connectivity index (χ4n) is 7.92. The summed E-state index contributed by atoms with van der Waals surface area (Å²) < 4.78 is 5.44. The Kier molecular flexibility index (Phi) is 47.6. The normalized spacial score (nSPS) is 12.8. The molecule has 6 heteroatoms. The fourth-order valence-corrected chi connectivity index (χ4v) is 7.92. The highest BCUT2D eigenvalue weighted by Crippen LogP contribution is 2.16. The van der Waals surface area contributed by atoms with Crippen molar-refractivity contribution in [2.75, 3.05) is 13.2 Å². The zero-order valence-corrected chi connectivity index (χ0v) is 39.5. The van der Waals surface area contributed by atoms with Gasteiger partial charge >= 0.3 is 5.97 Å². The van der Waals surface area contributed by atoms with Crippen molar-refractivity contribution in [3.8, 4) is 0 Å². The fraction of sp³-hybridized carbons (Fsp3) is 0.887. The second kappa shape index (κ2) is 49.0. The van der Waals surface area contributed by atoms with Gasteiger partial charge in [0.25, 0.3) is 0 Å². The molecule has 1 amide bonds. The topological polar surface area (TPSA) is 95.9 Å². The number of allylic oxidation sites excluding steroid dienone is 3. The van der Waals surface area contributed by atoms with Crippen LogP contribution in [0.4, 0.5) is 0 Å². The summed E-state index contributed by atoms with van der Waals surface area (Å²) in [7, 11) is 0. The Morgan fingerprint density at radius 1 is 0.458 bits per heavy atom. The van der Waals surface area contributed by atoms with Gasteiger partial charge < -0.3 is 20.3 Å². The third kappa shape index (κ3) is 45.7. The molecule has 2 unspecified atom stereocenters. The molecule has 0 aliphatic heterocycles. The molecule has 348 valence electrons. The van der Waals surface area contributed by atoms with Crippen molar-refractivity contribution in [2.24, 2.45) is 0 Å². The molecule has 0 spiro atoms. The van der Waals surface area contributed by atoms with Crippen molar-refractivity contribution in [1.29, 1.82) is 0 Å². The van der Waals surface area contributed by atoms with Gasteiger partial charge in [0, 0.05) is 12.8 Å². The third-order valence-electron chi connectivity index (χ3n) is 12.0. The molecular formula is C53H101NO5. The molecule has 59 heavy (non-hydrogen) atoms. The lowest BCUT2D eigenvalue weighted by Gasteiger charge is -2.20. The Morgan fingerprint density at radius 3 is 1.20 bits per heavy atom. The molecule has 0 radical (unpaired) electrons. The third-order valence-corrected chi connectivity index (χ3v) is 12.0. The van der Waals surface area contributed by atoms with Gasteiger partial charge in [-0.2, -0.15) is 0 Å². The number of carbonyl (C=O) groups is 2. The minimum atomic E-state index is -0.853. The van der Waals surface area contributed by atoms with Gasteiger partial charge in [0.1, 0.15) is 0 Å². The van der Waals surface area contributed by atoms with E-state index < -0.39 is 12.1 Å². The number of rotatable bonds is 48.